The fourth-order valence-electron chi connectivity index (χ4n) is 3.58. The molecule has 2 aliphatic heterocycles. The number of rotatable bonds is 4. The van der Waals surface area contributed by atoms with Crippen molar-refractivity contribution in [2.24, 2.45) is 11.8 Å². The highest BCUT2D eigenvalue weighted by Gasteiger charge is 2.44. The molecule has 0 saturated carbocycles. The van der Waals surface area contributed by atoms with Gasteiger partial charge in [0.05, 0.1) is 23.4 Å². The molecule has 6 nitrogen and oxygen atoms in total. The zero-order chi connectivity index (χ0) is 15.1. The molecule has 0 aliphatic carbocycles. The van der Waals surface area contributed by atoms with Crippen LogP contribution in [0.4, 0.5) is 0 Å². The molecule has 2 aromatic heterocycles. The first-order chi connectivity index (χ1) is 10.7. The lowest BCUT2D eigenvalue weighted by Gasteiger charge is -2.17. The van der Waals surface area contributed by atoms with Crippen molar-refractivity contribution in [3.63, 3.8) is 0 Å². The van der Waals surface area contributed by atoms with E-state index in [-0.39, 0.29) is 0 Å². The van der Waals surface area contributed by atoms with Gasteiger partial charge in [-0.1, -0.05) is 5.16 Å². The van der Waals surface area contributed by atoms with E-state index in [0.29, 0.717) is 23.8 Å². The average molecular weight is 320 g/mol. The number of aryl methyl sites for hydroxylation is 2. The van der Waals surface area contributed by atoms with Gasteiger partial charge in [-0.3, -0.25) is 4.90 Å². The van der Waals surface area contributed by atoms with Gasteiger partial charge in [-0.2, -0.15) is 4.98 Å². The van der Waals surface area contributed by atoms with Gasteiger partial charge < -0.3 is 9.26 Å². The summed E-state index contributed by atoms with van der Waals surface area (Å²) < 4.78 is 11.3. The summed E-state index contributed by atoms with van der Waals surface area (Å²) in [7, 11) is 0. The minimum atomic E-state index is 0.341. The summed E-state index contributed by atoms with van der Waals surface area (Å²) in [6, 6.07) is 0. The molecule has 0 aromatic carbocycles. The molecule has 2 fully saturated rings. The zero-order valence-electron chi connectivity index (χ0n) is 12.9. The van der Waals surface area contributed by atoms with E-state index in [1.807, 2.05) is 6.92 Å². The van der Waals surface area contributed by atoms with Crippen LogP contribution in [0.15, 0.2) is 9.90 Å². The fraction of sp³-hybridized carbons (Fsp3) is 0.667. The summed E-state index contributed by atoms with van der Waals surface area (Å²) in [5.41, 5.74) is 1.17. The molecule has 0 bridgehead atoms. The highest BCUT2D eigenvalue weighted by atomic mass is 32.1. The minimum absolute atomic E-state index is 0.341. The fourth-order valence-corrected chi connectivity index (χ4v) is 4.18. The smallest absolute Gasteiger partial charge is 0.227 e. The quantitative estimate of drug-likeness (QED) is 0.856. The van der Waals surface area contributed by atoms with Gasteiger partial charge in [-0.15, -0.1) is 11.3 Å². The number of aromatic nitrogens is 3. The Balaban J connectivity index is 1.38. The molecule has 118 valence electrons. The molecule has 2 aliphatic rings. The van der Waals surface area contributed by atoms with Crippen LogP contribution in [-0.4, -0.2) is 45.8 Å². The molecule has 22 heavy (non-hydrogen) atoms. The van der Waals surface area contributed by atoms with Crippen molar-refractivity contribution in [2.45, 2.75) is 32.9 Å². The van der Waals surface area contributed by atoms with Crippen LogP contribution in [0.5, 0.6) is 0 Å². The van der Waals surface area contributed by atoms with Crippen LogP contribution in [0, 0.1) is 25.7 Å². The molecule has 0 spiro atoms. The lowest BCUT2D eigenvalue weighted by molar-refractivity contribution is 0.0933. The lowest BCUT2D eigenvalue weighted by Crippen LogP contribution is -2.25. The predicted molar refractivity (Wildman–Crippen MR) is 81.6 cm³/mol. The summed E-state index contributed by atoms with van der Waals surface area (Å²) in [4.78, 5) is 11.3. The molecular formula is C15H20N4O2S. The molecule has 0 unspecified atom stereocenters. The van der Waals surface area contributed by atoms with Crippen LogP contribution in [0.2, 0.25) is 0 Å². The van der Waals surface area contributed by atoms with E-state index >= 15 is 0 Å². The van der Waals surface area contributed by atoms with Crippen LogP contribution < -0.4 is 0 Å². The third kappa shape index (κ3) is 2.80. The van der Waals surface area contributed by atoms with E-state index in [4.69, 9.17) is 9.26 Å². The molecule has 0 N–H and O–H groups in total. The van der Waals surface area contributed by atoms with E-state index < -0.39 is 0 Å². The number of likely N-dealkylation sites (tertiary alicyclic amines) is 1. The van der Waals surface area contributed by atoms with Crippen molar-refractivity contribution < 1.29 is 9.26 Å². The maximum absolute atomic E-state index is 5.99. The van der Waals surface area contributed by atoms with Crippen LogP contribution in [0.1, 0.15) is 22.4 Å². The van der Waals surface area contributed by atoms with Crippen LogP contribution in [0.25, 0.3) is 0 Å². The standard InChI is InChI=1S/C15H20N4O2S/c1-9-16-15(21-18-9)3-11-7-20-14-6-19(5-13(11)14)4-12-8-22-10(2)17-12/h8,11,13-14H,3-7H2,1-2H3/t11-,13+,14+/m0/s1. The van der Waals surface area contributed by atoms with Gasteiger partial charge in [0.2, 0.25) is 5.89 Å². The van der Waals surface area contributed by atoms with E-state index in [2.05, 4.69) is 32.3 Å². The zero-order valence-corrected chi connectivity index (χ0v) is 13.7. The molecule has 4 heterocycles. The lowest BCUT2D eigenvalue weighted by atomic mass is 9.90. The minimum Gasteiger partial charge on any atom is -0.376 e. The van der Waals surface area contributed by atoms with Gasteiger partial charge in [0.1, 0.15) is 0 Å². The first kappa shape index (κ1) is 14.3. The van der Waals surface area contributed by atoms with Gasteiger partial charge in [-0.05, 0) is 19.8 Å². The molecule has 0 radical (unpaired) electrons. The third-order valence-electron chi connectivity index (χ3n) is 4.57. The van der Waals surface area contributed by atoms with Gasteiger partial charge in [-0.25, -0.2) is 4.98 Å². The van der Waals surface area contributed by atoms with Crippen molar-refractivity contribution in [1.29, 1.82) is 0 Å². The molecule has 4 rings (SSSR count). The van der Waals surface area contributed by atoms with Crippen molar-refractivity contribution >= 4 is 11.3 Å². The maximum atomic E-state index is 5.99. The van der Waals surface area contributed by atoms with Crippen molar-refractivity contribution in [2.75, 3.05) is 19.7 Å². The topological polar surface area (TPSA) is 64.3 Å². The highest BCUT2D eigenvalue weighted by Crippen LogP contribution is 2.35. The van der Waals surface area contributed by atoms with Crippen LogP contribution in [0.3, 0.4) is 0 Å². The summed E-state index contributed by atoms with van der Waals surface area (Å²) in [5.74, 6) is 2.48. The molecular weight excluding hydrogens is 300 g/mol. The Hall–Kier alpha value is -1.31. The molecule has 7 heteroatoms. The number of ether oxygens (including phenoxy) is 1. The van der Waals surface area contributed by atoms with Gasteiger partial charge in [0.25, 0.3) is 0 Å². The monoisotopic (exact) mass is 320 g/mol. The molecule has 2 aromatic rings. The average Bonchev–Trinajstić information content (AvgIpc) is 3.20. The van der Waals surface area contributed by atoms with Gasteiger partial charge in [0.15, 0.2) is 5.82 Å². The van der Waals surface area contributed by atoms with Crippen LogP contribution in [-0.2, 0) is 17.7 Å². The van der Waals surface area contributed by atoms with Crippen molar-refractivity contribution in [3.05, 3.63) is 27.8 Å². The SMILES string of the molecule is Cc1noc(C[C@H]2CO[C@@H]3CN(Cc4csc(C)n4)C[C@H]23)n1. The Bertz CT molecular complexity index is 656. The van der Waals surface area contributed by atoms with E-state index in [1.165, 1.54) is 5.69 Å². The Morgan fingerprint density at radius 1 is 1.32 bits per heavy atom. The van der Waals surface area contributed by atoms with Gasteiger partial charge in [0, 0.05) is 37.4 Å². The molecule has 3 atom stereocenters. The maximum Gasteiger partial charge on any atom is 0.227 e. The van der Waals surface area contributed by atoms with E-state index in [1.54, 1.807) is 11.3 Å². The summed E-state index contributed by atoms with van der Waals surface area (Å²) >= 11 is 1.72. The number of thiazole rings is 1. The molecule has 0 amide bonds. The second kappa shape index (κ2) is 5.72. The second-order valence-corrected chi connectivity index (χ2v) is 7.35. The number of hydrogen-bond acceptors (Lipinski definition) is 7. The van der Waals surface area contributed by atoms with Crippen molar-refractivity contribution in [3.8, 4) is 0 Å². The summed E-state index contributed by atoms with van der Waals surface area (Å²) in [5, 5.41) is 7.16. The Labute approximate surface area is 133 Å². The Morgan fingerprint density at radius 2 is 2.23 bits per heavy atom. The Kier molecular flexibility index (Phi) is 3.71. The first-order valence-corrected chi connectivity index (χ1v) is 8.59. The van der Waals surface area contributed by atoms with Crippen molar-refractivity contribution in [1.82, 2.24) is 20.0 Å². The third-order valence-corrected chi connectivity index (χ3v) is 5.40. The normalized spacial score (nSPS) is 28.4. The molecule has 2 saturated heterocycles. The number of hydrogen-bond donors (Lipinski definition) is 0. The number of nitrogens with zero attached hydrogens (tertiary/aromatic N) is 4. The summed E-state index contributed by atoms with van der Waals surface area (Å²) in [6.07, 6.45) is 1.17. The van der Waals surface area contributed by atoms with E-state index in [9.17, 15) is 0 Å². The Morgan fingerprint density at radius 3 is 2.95 bits per heavy atom. The predicted octanol–water partition coefficient (Wildman–Crippen LogP) is 1.83. The van der Waals surface area contributed by atoms with E-state index in [0.717, 1.165) is 43.6 Å². The second-order valence-electron chi connectivity index (χ2n) is 6.29. The largest absolute Gasteiger partial charge is 0.376 e. The first-order valence-electron chi connectivity index (χ1n) is 7.71. The van der Waals surface area contributed by atoms with Crippen LogP contribution >= 0.6 is 11.3 Å². The number of fused-ring (bicyclic) bond motifs is 1. The highest BCUT2D eigenvalue weighted by molar-refractivity contribution is 7.09. The summed E-state index contributed by atoms with van der Waals surface area (Å²) in [6.45, 7) is 7.71. The van der Waals surface area contributed by atoms with Gasteiger partial charge >= 0.3 is 0 Å².